The minimum Gasteiger partial charge on any atom is -0.340 e. The van der Waals surface area contributed by atoms with Gasteiger partial charge in [-0.15, -0.1) is 0 Å². The maximum Gasteiger partial charge on any atom is 0.225 e. The summed E-state index contributed by atoms with van der Waals surface area (Å²) in [6.07, 6.45) is 8.10. The Morgan fingerprint density at radius 2 is 2.00 bits per heavy atom. The fourth-order valence-corrected chi connectivity index (χ4v) is 4.00. The van der Waals surface area contributed by atoms with Gasteiger partial charge in [-0.2, -0.15) is 5.10 Å². The smallest absolute Gasteiger partial charge is 0.225 e. The number of likely N-dealkylation sites (tertiary alicyclic amines) is 2. The Morgan fingerprint density at radius 1 is 1.22 bits per heavy atom. The molecule has 5 nitrogen and oxygen atoms in total. The predicted octanol–water partition coefficient (Wildman–Crippen LogP) is 2.41. The van der Waals surface area contributed by atoms with Gasteiger partial charge in [0.2, 0.25) is 5.91 Å². The lowest BCUT2D eigenvalue weighted by molar-refractivity contribution is -0.138. The van der Waals surface area contributed by atoms with E-state index in [1.807, 2.05) is 23.1 Å². The number of carbonyl (C=O) groups excluding carboxylic acids is 1. The van der Waals surface area contributed by atoms with E-state index in [2.05, 4.69) is 28.7 Å². The Bertz CT molecular complexity index is 491. The van der Waals surface area contributed by atoms with Crippen LogP contribution in [0.25, 0.3) is 0 Å². The van der Waals surface area contributed by atoms with Crippen LogP contribution in [-0.4, -0.2) is 58.2 Å². The summed E-state index contributed by atoms with van der Waals surface area (Å²) in [7, 11) is 0. The summed E-state index contributed by atoms with van der Waals surface area (Å²) in [6, 6.07) is 2.31. The monoisotopic (exact) mass is 318 g/mol. The van der Waals surface area contributed by atoms with Crippen LogP contribution in [0, 0.1) is 11.8 Å². The van der Waals surface area contributed by atoms with Crippen molar-refractivity contribution in [3.63, 3.8) is 0 Å². The van der Waals surface area contributed by atoms with Gasteiger partial charge in [-0.1, -0.05) is 13.8 Å². The Kier molecular flexibility index (Phi) is 5.36. The first-order valence-corrected chi connectivity index (χ1v) is 9.13. The molecule has 23 heavy (non-hydrogen) atoms. The quantitative estimate of drug-likeness (QED) is 0.856. The summed E-state index contributed by atoms with van der Waals surface area (Å²) < 4.78 is 2.02. The molecule has 0 radical (unpaired) electrons. The molecule has 2 saturated heterocycles. The van der Waals surface area contributed by atoms with Crippen molar-refractivity contribution >= 4 is 5.91 Å². The highest BCUT2D eigenvalue weighted by Crippen LogP contribution is 2.25. The van der Waals surface area contributed by atoms with E-state index in [9.17, 15) is 4.79 Å². The fraction of sp³-hybridized carbons (Fsp3) is 0.778. The zero-order chi connectivity index (χ0) is 16.2. The first kappa shape index (κ1) is 16.5. The van der Waals surface area contributed by atoms with E-state index in [1.54, 1.807) is 0 Å². The molecular weight excluding hydrogens is 288 g/mol. The molecule has 1 atom stereocenters. The molecule has 0 bridgehead atoms. The fourth-order valence-electron chi connectivity index (χ4n) is 4.00. The molecule has 3 heterocycles. The van der Waals surface area contributed by atoms with Crippen LogP contribution in [0.15, 0.2) is 18.5 Å². The third kappa shape index (κ3) is 4.14. The van der Waals surface area contributed by atoms with Gasteiger partial charge in [0.25, 0.3) is 0 Å². The maximum atomic E-state index is 12.9. The normalized spacial score (nSPS) is 24.3. The molecule has 3 rings (SSSR count). The summed E-state index contributed by atoms with van der Waals surface area (Å²) in [4.78, 5) is 17.5. The molecule has 5 heteroatoms. The maximum absolute atomic E-state index is 12.9. The van der Waals surface area contributed by atoms with Crippen LogP contribution in [0.4, 0.5) is 0 Å². The van der Waals surface area contributed by atoms with Crippen LogP contribution in [0.1, 0.15) is 45.6 Å². The third-order valence-corrected chi connectivity index (χ3v) is 5.17. The Morgan fingerprint density at radius 3 is 2.65 bits per heavy atom. The first-order chi connectivity index (χ1) is 11.1. The second-order valence-corrected chi connectivity index (χ2v) is 7.54. The van der Waals surface area contributed by atoms with E-state index in [4.69, 9.17) is 0 Å². The van der Waals surface area contributed by atoms with E-state index in [0.717, 1.165) is 58.4 Å². The van der Waals surface area contributed by atoms with E-state index < -0.39 is 0 Å². The number of hydrogen-bond acceptors (Lipinski definition) is 3. The van der Waals surface area contributed by atoms with Crippen LogP contribution in [0.5, 0.6) is 0 Å². The van der Waals surface area contributed by atoms with Crippen molar-refractivity contribution in [2.24, 2.45) is 11.8 Å². The second-order valence-electron chi connectivity index (χ2n) is 7.54. The van der Waals surface area contributed by atoms with E-state index in [-0.39, 0.29) is 5.92 Å². The molecule has 1 amide bonds. The molecule has 0 saturated carbocycles. The average molecular weight is 318 g/mol. The van der Waals surface area contributed by atoms with E-state index in [0.29, 0.717) is 17.9 Å². The zero-order valence-electron chi connectivity index (χ0n) is 14.5. The number of carbonyl (C=O) groups is 1. The van der Waals surface area contributed by atoms with Crippen molar-refractivity contribution in [3.05, 3.63) is 18.5 Å². The number of rotatable bonds is 4. The van der Waals surface area contributed by atoms with Crippen molar-refractivity contribution in [1.82, 2.24) is 19.6 Å². The molecule has 2 aliphatic rings. The Labute approximate surface area is 139 Å². The summed E-state index contributed by atoms with van der Waals surface area (Å²) in [5, 5.41) is 4.36. The standard InChI is InChI=1S/C18H30N4O/c1-15(2)13-20-11-6-16(7-12-20)18(23)21-9-3-5-17(14-21)22-10-4-8-19-22/h4,8,10,15-17H,3,5-7,9,11-14H2,1-2H3. The first-order valence-electron chi connectivity index (χ1n) is 9.13. The minimum absolute atomic E-state index is 0.231. The molecule has 0 aromatic carbocycles. The molecule has 1 unspecified atom stereocenters. The number of nitrogens with zero attached hydrogens (tertiary/aromatic N) is 4. The lowest BCUT2D eigenvalue weighted by Gasteiger charge is -2.38. The van der Waals surface area contributed by atoms with Gasteiger partial charge in [-0.25, -0.2) is 0 Å². The lowest BCUT2D eigenvalue weighted by Crippen LogP contribution is -2.47. The molecule has 0 aliphatic carbocycles. The van der Waals surface area contributed by atoms with Gasteiger partial charge in [-0.05, 0) is 50.8 Å². The molecular formula is C18H30N4O. The van der Waals surface area contributed by atoms with Crippen molar-refractivity contribution in [3.8, 4) is 0 Å². The van der Waals surface area contributed by atoms with E-state index in [1.165, 1.54) is 0 Å². The molecule has 128 valence electrons. The van der Waals surface area contributed by atoms with Gasteiger partial charge in [0.15, 0.2) is 0 Å². The van der Waals surface area contributed by atoms with Crippen LogP contribution in [0.2, 0.25) is 0 Å². The Balaban J connectivity index is 1.52. The Hall–Kier alpha value is -1.36. The second kappa shape index (κ2) is 7.47. The van der Waals surface area contributed by atoms with Gasteiger partial charge in [0.1, 0.15) is 0 Å². The molecule has 2 fully saturated rings. The van der Waals surface area contributed by atoms with Crippen LogP contribution < -0.4 is 0 Å². The van der Waals surface area contributed by atoms with Gasteiger partial charge in [0.05, 0.1) is 6.04 Å². The highest BCUT2D eigenvalue weighted by atomic mass is 16.2. The third-order valence-electron chi connectivity index (χ3n) is 5.17. The molecule has 2 aliphatic heterocycles. The predicted molar refractivity (Wildman–Crippen MR) is 91.1 cm³/mol. The molecule has 0 spiro atoms. The number of aromatic nitrogens is 2. The number of hydrogen-bond donors (Lipinski definition) is 0. The van der Waals surface area contributed by atoms with Gasteiger partial charge in [0, 0.05) is 37.9 Å². The SMILES string of the molecule is CC(C)CN1CCC(C(=O)N2CCCC(n3cccn3)C2)CC1. The summed E-state index contributed by atoms with van der Waals surface area (Å²) >= 11 is 0. The van der Waals surface area contributed by atoms with Crippen molar-refractivity contribution in [1.29, 1.82) is 0 Å². The zero-order valence-corrected chi connectivity index (χ0v) is 14.5. The highest BCUT2D eigenvalue weighted by Gasteiger charge is 2.31. The van der Waals surface area contributed by atoms with Crippen molar-refractivity contribution in [2.45, 2.75) is 45.6 Å². The van der Waals surface area contributed by atoms with Crippen LogP contribution in [-0.2, 0) is 4.79 Å². The summed E-state index contributed by atoms with van der Waals surface area (Å²) in [6.45, 7) is 9.58. The minimum atomic E-state index is 0.231. The highest BCUT2D eigenvalue weighted by molar-refractivity contribution is 5.79. The van der Waals surface area contributed by atoms with Crippen LogP contribution >= 0.6 is 0 Å². The topological polar surface area (TPSA) is 41.4 Å². The number of piperidine rings is 2. The van der Waals surface area contributed by atoms with Gasteiger partial charge < -0.3 is 9.80 Å². The van der Waals surface area contributed by atoms with Gasteiger partial charge >= 0.3 is 0 Å². The number of amides is 1. The summed E-state index contributed by atoms with van der Waals surface area (Å²) in [5.41, 5.74) is 0. The average Bonchev–Trinajstić information content (AvgIpc) is 3.09. The van der Waals surface area contributed by atoms with Crippen LogP contribution in [0.3, 0.4) is 0 Å². The molecule has 0 N–H and O–H groups in total. The van der Waals surface area contributed by atoms with Gasteiger partial charge in [-0.3, -0.25) is 9.48 Å². The lowest BCUT2D eigenvalue weighted by atomic mass is 9.93. The van der Waals surface area contributed by atoms with Crippen molar-refractivity contribution < 1.29 is 4.79 Å². The molecule has 1 aromatic rings. The summed E-state index contributed by atoms with van der Waals surface area (Å²) in [5.74, 6) is 1.32. The van der Waals surface area contributed by atoms with Crippen molar-refractivity contribution in [2.75, 3.05) is 32.7 Å². The molecule has 1 aromatic heterocycles. The van der Waals surface area contributed by atoms with E-state index >= 15 is 0 Å². The largest absolute Gasteiger partial charge is 0.340 e.